The molecule has 2 rings (SSSR count). The highest BCUT2D eigenvalue weighted by atomic mass is 127. The number of carbonyl (C=O) groups excluding carboxylic acids is 1. The molecule has 0 radical (unpaired) electrons. The fourth-order valence-corrected chi connectivity index (χ4v) is 3.69. The first-order valence-corrected chi connectivity index (χ1v) is 9.46. The lowest BCUT2D eigenvalue weighted by Crippen LogP contribution is -2.27. The zero-order valence-corrected chi connectivity index (χ0v) is 17.4. The number of hydrogen-bond donors (Lipinski definition) is 0. The Morgan fingerprint density at radius 3 is 2.30 bits per heavy atom. The number of halogens is 2. The van der Waals surface area contributed by atoms with Crippen LogP contribution in [0.2, 0.25) is 0 Å². The van der Waals surface area contributed by atoms with Crippen LogP contribution >= 0.6 is 45.2 Å². The van der Waals surface area contributed by atoms with E-state index in [1.165, 1.54) is 16.1 Å². The molecule has 0 saturated heterocycles. The number of ether oxygens (including phenoxy) is 1. The van der Waals surface area contributed by atoms with Crippen molar-refractivity contribution >= 4 is 51.2 Å². The van der Waals surface area contributed by atoms with Crippen LogP contribution in [0.4, 0.5) is 0 Å². The van der Waals surface area contributed by atoms with Gasteiger partial charge in [0.2, 0.25) is 0 Å². The second-order valence-corrected chi connectivity index (χ2v) is 7.73. The van der Waals surface area contributed by atoms with Crippen LogP contribution in [0.15, 0.2) is 48.5 Å². The van der Waals surface area contributed by atoms with Crippen LogP contribution in [0.1, 0.15) is 24.2 Å². The van der Waals surface area contributed by atoms with E-state index in [1.54, 1.807) is 0 Å². The Morgan fingerprint density at radius 2 is 1.70 bits per heavy atom. The summed E-state index contributed by atoms with van der Waals surface area (Å²) in [5.41, 5.74) is 2.33. The highest BCUT2D eigenvalue weighted by molar-refractivity contribution is 14.1. The number of carbonyl (C=O) groups is 1. The summed E-state index contributed by atoms with van der Waals surface area (Å²) in [7, 11) is 2.05. The monoisotopic (exact) mass is 535 g/mol. The molecule has 0 spiro atoms. The van der Waals surface area contributed by atoms with Gasteiger partial charge in [-0.3, -0.25) is 9.69 Å². The summed E-state index contributed by atoms with van der Waals surface area (Å²) >= 11 is 4.64. The number of benzene rings is 2. The molecule has 23 heavy (non-hydrogen) atoms. The third-order valence-corrected chi connectivity index (χ3v) is 5.47. The molecule has 0 amide bonds. The van der Waals surface area contributed by atoms with Gasteiger partial charge in [0, 0.05) is 32.7 Å². The molecule has 0 aliphatic carbocycles. The molecule has 0 bridgehead atoms. The van der Waals surface area contributed by atoms with Crippen molar-refractivity contribution in [2.45, 2.75) is 19.6 Å². The number of likely N-dealkylation sites (N-methyl/N-ethyl adjacent to an activating group) is 1. The predicted octanol–water partition coefficient (Wildman–Crippen LogP) is 4.63. The van der Waals surface area contributed by atoms with Crippen molar-refractivity contribution in [2.75, 3.05) is 13.6 Å². The first-order valence-electron chi connectivity index (χ1n) is 7.31. The van der Waals surface area contributed by atoms with E-state index in [1.807, 2.05) is 30.3 Å². The number of hydrogen-bond acceptors (Lipinski definition) is 3. The molecule has 1 atom stereocenters. The van der Waals surface area contributed by atoms with Crippen LogP contribution in [0.25, 0.3) is 0 Å². The normalized spacial score (nSPS) is 12.2. The topological polar surface area (TPSA) is 29.5 Å². The van der Waals surface area contributed by atoms with Crippen LogP contribution in [0, 0.1) is 7.14 Å². The van der Waals surface area contributed by atoms with Gasteiger partial charge < -0.3 is 4.74 Å². The highest BCUT2D eigenvalue weighted by Crippen LogP contribution is 2.25. The molecule has 5 heteroatoms. The third kappa shape index (κ3) is 5.72. The van der Waals surface area contributed by atoms with Gasteiger partial charge >= 0.3 is 5.97 Å². The number of rotatable bonds is 6. The Balaban J connectivity index is 2.13. The van der Waals surface area contributed by atoms with Crippen molar-refractivity contribution in [2.24, 2.45) is 0 Å². The fraction of sp³-hybridized carbons (Fsp3) is 0.278. The van der Waals surface area contributed by atoms with Crippen LogP contribution in [-0.2, 0) is 16.1 Å². The van der Waals surface area contributed by atoms with Gasteiger partial charge in [-0.1, -0.05) is 36.4 Å². The Hall–Kier alpha value is -0.670. The Kier molecular flexibility index (Phi) is 7.29. The lowest BCUT2D eigenvalue weighted by molar-refractivity contribution is -0.147. The van der Waals surface area contributed by atoms with Crippen molar-refractivity contribution in [3.05, 3.63) is 66.8 Å². The molecule has 0 fully saturated rings. The van der Waals surface area contributed by atoms with Crippen LogP contribution in [0.3, 0.4) is 0 Å². The van der Waals surface area contributed by atoms with E-state index in [4.69, 9.17) is 4.74 Å². The maximum Gasteiger partial charge on any atom is 0.303 e. The van der Waals surface area contributed by atoms with Gasteiger partial charge in [-0.15, -0.1) is 0 Å². The van der Waals surface area contributed by atoms with Crippen molar-refractivity contribution < 1.29 is 9.53 Å². The second-order valence-electron chi connectivity index (χ2n) is 5.41. The van der Waals surface area contributed by atoms with E-state index < -0.39 is 0 Å². The van der Waals surface area contributed by atoms with E-state index in [9.17, 15) is 4.79 Å². The van der Waals surface area contributed by atoms with Crippen LogP contribution in [-0.4, -0.2) is 24.5 Å². The first kappa shape index (κ1) is 18.7. The quantitative estimate of drug-likeness (QED) is 0.400. The van der Waals surface area contributed by atoms with Gasteiger partial charge in [0.25, 0.3) is 0 Å². The van der Waals surface area contributed by atoms with Gasteiger partial charge in [-0.05, 0) is 69.9 Å². The van der Waals surface area contributed by atoms with E-state index in [-0.39, 0.29) is 12.1 Å². The SMILES string of the molecule is CC(=O)O[C@H](CN(C)Cc1ccccc1I)c1ccccc1I. The summed E-state index contributed by atoms with van der Waals surface area (Å²) < 4.78 is 7.92. The molecule has 122 valence electrons. The van der Waals surface area contributed by atoms with Gasteiger partial charge in [0.05, 0.1) is 0 Å². The summed E-state index contributed by atoms with van der Waals surface area (Å²) in [4.78, 5) is 13.7. The maximum absolute atomic E-state index is 11.5. The van der Waals surface area contributed by atoms with E-state index in [0.717, 1.165) is 15.7 Å². The van der Waals surface area contributed by atoms with Gasteiger partial charge in [0.1, 0.15) is 6.10 Å². The zero-order valence-electron chi connectivity index (χ0n) is 13.1. The molecule has 0 saturated carbocycles. The lowest BCUT2D eigenvalue weighted by atomic mass is 10.1. The smallest absolute Gasteiger partial charge is 0.303 e. The van der Waals surface area contributed by atoms with Crippen molar-refractivity contribution in [3.8, 4) is 0 Å². The second kappa shape index (κ2) is 8.98. The van der Waals surface area contributed by atoms with Gasteiger partial charge in [-0.2, -0.15) is 0 Å². The minimum Gasteiger partial charge on any atom is -0.456 e. The molecular weight excluding hydrogens is 516 g/mol. The minimum absolute atomic E-state index is 0.252. The number of nitrogens with zero attached hydrogens (tertiary/aromatic N) is 1. The summed E-state index contributed by atoms with van der Waals surface area (Å²) in [5, 5.41) is 0. The van der Waals surface area contributed by atoms with Crippen molar-refractivity contribution in [1.29, 1.82) is 0 Å². The van der Waals surface area contributed by atoms with E-state index in [0.29, 0.717) is 6.54 Å². The van der Waals surface area contributed by atoms with Crippen LogP contribution in [0.5, 0.6) is 0 Å². The Morgan fingerprint density at radius 1 is 1.09 bits per heavy atom. The standard InChI is InChI=1S/C18H19I2NO2/c1-13(22)23-18(15-8-4-6-10-17(15)20)12-21(2)11-14-7-3-5-9-16(14)19/h3-10,18H,11-12H2,1-2H3/t18-/m1/s1. The molecule has 2 aromatic rings. The molecule has 0 aliphatic heterocycles. The molecule has 0 aliphatic rings. The highest BCUT2D eigenvalue weighted by Gasteiger charge is 2.19. The molecule has 2 aromatic carbocycles. The Labute approximate surface area is 164 Å². The predicted molar refractivity (Wildman–Crippen MR) is 109 cm³/mol. The number of esters is 1. The third-order valence-electron chi connectivity index (χ3n) is 3.44. The van der Waals surface area contributed by atoms with Gasteiger partial charge in [-0.25, -0.2) is 0 Å². The average Bonchev–Trinajstić information content (AvgIpc) is 2.49. The molecular formula is C18H19I2NO2. The summed E-state index contributed by atoms with van der Waals surface area (Å²) in [6.45, 7) is 2.94. The molecule has 0 unspecified atom stereocenters. The zero-order chi connectivity index (χ0) is 16.8. The molecule has 0 aromatic heterocycles. The fourth-order valence-electron chi connectivity index (χ4n) is 2.40. The molecule has 3 nitrogen and oxygen atoms in total. The Bertz CT molecular complexity index is 676. The van der Waals surface area contributed by atoms with Gasteiger partial charge in [0.15, 0.2) is 0 Å². The maximum atomic E-state index is 11.5. The summed E-state index contributed by atoms with van der Waals surface area (Å²) in [6, 6.07) is 16.4. The average molecular weight is 535 g/mol. The summed E-state index contributed by atoms with van der Waals surface area (Å²) in [6.07, 6.45) is -0.257. The summed E-state index contributed by atoms with van der Waals surface area (Å²) in [5.74, 6) is -0.252. The van der Waals surface area contributed by atoms with Crippen molar-refractivity contribution in [3.63, 3.8) is 0 Å². The van der Waals surface area contributed by atoms with Crippen molar-refractivity contribution in [1.82, 2.24) is 4.90 Å². The largest absolute Gasteiger partial charge is 0.456 e. The molecule has 0 heterocycles. The first-order chi connectivity index (χ1) is 11.0. The molecule has 0 N–H and O–H groups in total. The van der Waals surface area contributed by atoms with E-state index >= 15 is 0 Å². The van der Waals surface area contributed by atoms with Crippen LogP contribution < -0.4 is 0 Å². The minimum atomic E-state index is -0.257. The van der Waals surface area contributed by atoms with E-state index in [2.05, 4.69) is 75.3 Å². The lowest BCUT2D eigenvalue weighted by Gasteiger charge is -2.25.